The molecule has 0 heterocycles. The number of hydrogen-bond donors (Lipinski definition) is 0. The molecule has 1 aromatic rings. The lowest BCUT2D eigenvalue weighted by Gasteiger charge is -2.34. The zero-order valence-electron chi connectivity index (χ0n) is 10.9. The Morgan fingerprint density at radius 2 is 2.00 bits per heavy atom. The van der Waals surface area contributed by atoms with Gasteiger partial charge in [0.15, 0.2) is 5.78 Å². The van der Waals surface area contributed by atoms with Gasteiger partial charge in [-0.05, 0) is 45.0 Å². The molecule has 1 aromatic carbocycles. The maximum absolute atomic E-state index is 12.0. The molecule has 0 aliphatic heterocycles. The Balaban J connectivity index is 1.72. The average Bonchev–Trinajstić information content (AvgIpc) is 2.27. The van der Waals surface area contributed by atoms with Crippen molar-refractivity contribution in [2.45, 2.75) is 38.1 Å². The van der Waals surface area contributed by atoms with Crippen molar-refractivity contribution in [2.75, 3.05) is 13.6 Å². The van der Waals surface area contributed by atoms with Crippen molar-refractivity contribution in [1.82, 2.24) is 4.90 Å². The Morgan fingerprint density at radius 1 is 1.33 bits per heavy atom. The Morgan fingerprint density at radius 3 is 2.56 bits per heavy atom. The maximum Gasteiger partial charge on any atom is 0.162 e. The summed E-state index contributed by atoms with van der Waals surface area (Å²) >= 11 is 3.38. The number of hydrogen-bond acceptors (Lipinski definition) is 2. The van der Waals surface area contributed by atoms with Crippen LogP contribution in [-0.4, -0.2) is 30.3 Å². The van der Waals surface area contributed by atoms with Gasteiger partial charge in [0.05, 0.1) is 0 Å². The van der Waals surface area contributed by atoms with Crippen LogP contribution in [0.4, 0.5) is 0 Å². The van der Waals surface area contributed by atoms with Gasteiger partial charge in [0, 0.05) is 22.5 Å². The van der Waals surface area contributed by atoms with Crippen LogP contribution in [0.1, 0.15) is 42.5 Å². The summed E-state index contributed by atoms with van der Waals surface area (Å²) in [6.07, 6.45) is 5.64. The van der Waals surface area contributed by atoms with E-state index >= 15 is 0 Å². The second kappa shape index (κ2) is 6.48. The van der Waals surface area contributed by atoms with Crippen molar-refractivity contribution in [3.05, 3.63) is 34.3 Å². The minimum absolute atomic E-state index is 0.254. The first kappa shape index (κ1) is 13.8. The van der Waals surface area contributed by atoms with Crippen LogP contribution in [0, 0.1) is 0 Å². The van der Waals surface area contributed by atoms with E-state index < -0.39 is 0 Å². The van der Waals surface area contributed by atoms with Crippen molar-refractivity contribution in [2.24, 2.45) is 0 Å². The molecule has 0 radical (unpaired) electrons. The van der Waals surface area contributed by atoms with Gasteiger partial charge in [0.25, 0.3) is 0 Å². The molecule has 1 aliphatic rings. The van der Waals surface area contributed by atoms with E-state index in [2.05, 4.69) is 27.9 Å². The number of carbonyl (C=O) groups excluding carboxylic acids is 1. The van der Waals surface area contributed by atoms with Crippen LogP contribution in [0.2, 0.25) is 0 Å². The van der Waals surface area contributed by atoms with Crippen LogP contribution in [0.5, 0.6) is 0 Å². The standard InChI is InChI=1S/C15H20BrNO/c1-17(14-4-2-5-14)11-3-6-15(18)12-7-9-13(16)10-8-12/h7-10,14H,2-6,11H2,1H3. The first-order valence-electron chi connectivity index (χ1n) is 6.66. The van der Waals surface area contributed by atoms with Gasteiger partial charge in [-0.25, -0.2) is 0 Å². The van der Waals surface area contributed by atoms with Crippen molar-refractivity contribution in [3.8, 4) is 0 Å². The molecule has 1 saturated carbocycles. The van der Waals surface area contributed by atoms with Gasteiger partial charge in [-0.15, -0.1) is 0 Å². The highest BCUT2D eigenvalue weighted by atomic mass is 79.9. The van der Waals surface area contributed by atoms with E-state index in [0.29, 0.717) is 6.42 Å². The molecule has 1 fully saturated rings. The third kappa shape index (κ3) is 3.66. The number of rotatable bonds is 6. The lowest BCUT2D eigenvalue weighted by Crippen LogP contribution is -2.37. The summed E-state index contributed by atoms with van der Waals surface area (Å²) in [6, 6.07) is 8.40. The molecule has 98 valence electrons. The summed E-state index contributed by atoms with van der Waals surface area (Å²) < 4.78 is 1.02. The van der Waals surface area contributed by atoms with Gasteiger partial charge in [-0.3, -0.25) is 4.79 Å². The van der Waals surface area contributed by atoms with E-state index in [0.717, 1.165) is 29.0 Å². The van der Waals surface area contributed by atoms with E-state index in [1.54, 1.807) is 0 Å². The molecule has 0 bridgehead atoms. The van der Waals surface area contributed by atoms with Gasteiger partial charge in [-0.1, -0.05) is 34.5 Å². The number of nitrogens with zero attached hydrogens (tertiary/aromatic N) is 1. The van der Waals surface area contributed by atoms with E-state index in [1.807, 2.05) is 24.3 Å². The van der Waals surface area contributed by atoms with Crippen LogP contribution in [0.25, 0.3) is 0 Å². The summed E-state index contributed by atoms with van der Waals surface area (Å²) in [7, 11) is 2.17. The zero-order chi connectivity index (χ0) is 13.0. The number of halogens is 1. The summed E-state index contributed by atoms with van der Waals surface area (Å²) in [5.41, 5.74) is 0.824. The number of benzene rings is 1. The van der Waals surface area contributed by atoms with E-state index in [9.17, 15) is 4.79 Å². The molecule has 0 atom stereocenters. The second-order valence-electron chi connectivity index (χ2n) is 5.10. The lowest BCUT2D eigenvalue weighted by atomic mass is 9.91. The predicted molar refractivity (Wildman–Crippen MR) is 78.0 cm³/mol. The number of Topliss-reactive ketones (excluding diaryl/α,β-unsaturated/α-hetero) is 1. The molecular weight excluding hydrogens is 290 g/mol. The van der Waals surface area contributed by atoms with E-state index in [1.165, 1.54) is 19.3 Å². The van der Waals surface area contributed by atoms with Gasteiger partial charge in [0.2, 0.25) is 0 Å². The normalized spacial score (nSPS) is 15.7. The average molecular weight is 310 g/mol. The van der Waals surface area contributed by atoms with Gasteiger partial charge in [-0.2, -0.15) is 0 Å². The first-order chi connectivity index (χ1) is 8.66. The molecule has 0 amide bonds. The van der Waals surface area contributed by atoms with Crippen molar-refractivity contribution in [3.63, 3.8) is 0 Å². The molecule has 0 N–H and O–H groups in total. The van der Waals surface area contributed by atoms with Crippen molar-refractivity contribution >= 4 is 21.7 Å². The van der Waals surface area contributed by atoms with Gasteiger partial charge >= 0.3 is 0 Å². The van der Waals surface area contributed by atoms with Crippen LogP contribution >= 0.6 is 15.9 Å². The van der Waals surface area contributed by atoms with Crippen LogP contribution in [-0.2, 0) is 0 Å². The lowest BCUT2D eigenvalue weighted by molar-refractivity contribution is 0.0966. The fraction of sp³-hybridized carbons (Fsp3) is 0.533. The Bertz CT molecular complexity index is 397. The highest BCUT2D eigenvalue weighted by molar-refractivity contribution is 9.10. The SMILES string of the molecule is CN(CCCC(=O)c1ccc(Br)cc1)C1CCC1. The Kier molecular flexibility index (Phi) is 4.95. The smallest absolute Gasteiger partial charge is 0.162 e. The molecule has 0 spiro atoms. The highest BCUT2D eigenvalue weighted by Gasteiger charge is 2.21. The second-order valence-corrected chi connectivity index (χ2v) is 6.01. The van der Waals surface area contributed by atoms with Crippen molar-refractivity contribution < 1.29 is 4.79 Å². The van der Waals surface area contributed by atoms with Crippen molar-refractivity contribution in [1.29, 1.82) is 0 Å². The molecule has 2 rings (SSSR count). The minimum atomic E-state index is 0.254. The fourth-order valence-corrected chi connectivity index (χ4v) is 2.54. The number of carbonyl (C=O) groups is 1. The third-order valence-corrected chi connectivity index (χ3v) is 4.31. The summed E-state index contributed by atoms with van der Waals surface area (Å²) in [5, 5.41) is 0. The van der Waals surface area contributed by atoms with Crippen LogP contribution < -0.4 is 0 Å². The molecule has 0 saturated heterocycles. The molecule has 18 heavy (non-hydrogen) atoms. The predicted octanol–water partition coefficient (Wildman–Crippen LogP) is 3.90. The quantitative estimate of drug-likeness (QED) is 0.743. The topological polar surface area (TPSA) is 20.3 Å². The molecular formula is C15H20BrNO. The van der Waals surface area contributed by atoms with Gasteiger partial charge < -0.3 is 4.90 Å². The highest BCUT2D eigenvalue weighted by Crippen LogP contribution is 2.23. The summed E-state index contributed by atoms with van der Waals surface area (Å²) in [6.45, 7) is 1.03. The monoisotopic (exact) mass is 309 g/mol. The number of ketones is 1. The Labute approximate surface area is 117 Å². The minimum Gasteiger partial charge on any atom is -0.303 e. The Hall–Kier alpha value is -0.670. The third-order valence-electron chi connectivity index (χ3n) is 3.78. The molecule has 3 heteroatoms. The molecule has 1 aliphatic carbocycles. The molecule has 0 unspecified atom stereocenters. The first-order valence-corrected chi connectivity index (χ1v) is 7.45. The van der Waals surface area contributed by atoms with Crippen LogP contribution in [0.15, 0.2) is 28.7 Å². The summed E-state index contributed by atoms with van der Waals surface area (Å²) in [4.78, 5) is 14.4. The van der Waals surface area contributed by atoms with Crippen LogP contribution in [0.3, 0.4) is 0 Å². The fourth-order valence-electron chi connectivity index (χ4n) is 2.28. The summed E-state index contributed by atoms with van der Waals surface area (Å²) in [5.74, 6) is 0.254. The molecule has 2 nitrogen and oxygen atoms in total. The maximum atomic E-state index is 12.0. The largest absolute Gasteiger partial charge is 0.303 e. The van der Waals surface area contributed by atoms with Gasteiger partial charge in [0.1, 0.15) is 0 Å². The zero-order valence-corrected chi connectivity index (χ0v) is 12.4. The molecule has 0 aromatic heterocycles. The van der Waals surface area contributed by atoms with E-state index in [-0.39, 0.29) is 5.78 Å². The van der Waals surface area contributed by atoms with E-state index in [4.69, 9.17) is 0 Å².